The molecule has 2 rings (SSSR count). The smallest absolute Gasteiger partial charge is 0.108 e. The summed E-state index contributed by atoms with van der Waals surface area (Å²) < 4.78 is 2.90. The minimum atomic E-state index is -0.00438. The van der Waals surface area contributed by atoms with Crippen molar-refractivity contribution < 1.29 is 0 Å². The molecule has 0 aliphatic carbocycles. The Bertz CT molecular complexity index is 539. The van der Waals surface area contributed by atoms with Crippen LogP contribution in [0.1, 0.15) is 23.9 Å². The number of aryl methyl sites for hydroxylation is 2. The normalized spacial score (nSPS) is 12.7. The average Bonchev–Trinajstić information content (AvgIpc) is 2.75. The minimum absolute atomic E-state index is 0.00438. The van der Waals surface area contributed by atoms with Crippen molar-refractivity contribution >= 4 is 27.5 Å². The van der Waals surface area contributed by atoms with Gasteiger partial charge in [0.2, 0.25) is 0 Å². The maximum atomic E-state index is 6.18. The van der Waals surface area contributed by atoms with E-state index in [1.54, 1.807) is 6.20 Å². The molecule has 1 heterocycles. The fourth-order valence-electron chi connectivity index (χ4n) is 1.83. The Morgan fingerprint density at radius 1 is 1.50 bits per heavy atom. The third-order valence-corrected chi connectivity index (χ3v) is 4.19. The van der Waals surface area contributed by atoms with E-state index in [0.29, 0.717) is 5.02 Å². The molecular formula is C13H15BrClN3. The van der Waals surface area contributed by atoms with Crippen molar-refractivity contribution in [3.63, 3.8) is 0 Å². The first-order chi connectivity index (χ1) is 8.58. The molecule has 18 heavy (non-hydrogen) atoms. The number of rotatable bonds is 4. The number of hydrogen-bond donors (Lipinski definition) is 1. The minimum Gasteiger partial charge on any atom is -0.338 e. The molecule has 96 valence electrons. The summed E-state index contributed by atoms with van der Waals surface area (Å²) in [6.07, 6.45) is 5.48. The van der Waals surface area contributed by atoms with E-state index >= 15 is 0 Å². The molecule has 1 atom stereocenters. The van der Waals surface area contributed by atoms with Gasteiger partial charge in [-0.05, 0) is 40.0 Å². The summed E-state index contributed by atoms with van der Waals surface area (Å²) >= 11 is 9.38. The Balaban J connectivity index is 2.01. The van der Waals surface area contributed by atoms with Gasteiger partial charge in [0.15, 0.2) is 0 Å². The Hall–Kier alpha value is -0.840. The van der Waals surface area contributed by atoms with Crippen molar-refractivity contribution in [2.45, 2.75) is 18.9 Å². The number of hydrogen-bond acceptors (Lipinski definition) is 2. The second-order valence-corrected chi connectivity index (χ2v) is 5.53. The molecule has 1 aromatic heterocycles. The van der Waals surface area contributed by atoms with Gasteiger partial charge in [0.05, 0.1) is 5.02 Å². The van der Waals surface area contributed by atoms with E-state index in [0.717, 1.165) is 28.7 Å². The first-order valence-electron chi connectivity index (χ1n) is 5.74. The van der Waals surface area contributed by atoms with Crippen molar-refractivity contribution in [2.24, 2.45) is 12.8 Å². The van der Waals surface area contributed by atoms with E-state index in [9.17, 15) is 0 Å². The molecule has 0 spiro atoms. The van der Waals surface area contributed by atoms with Gasteiger partial charge in [0.1, 0.15) is 5.82 Å². The number of nitrogens with two attached hydrogens (primary N) is 1. The monoisotopic (exact) mass is 327 g/mol. The lowest BCUT2D eigenvalue weighted by atomic mass is 10.0. The summed E-state index contributed by atoms with van der Waals surface area (Å²) in [7, 11) is 1.99. The number of nitrogens with zero attached hydrogens (tertiary/aromatic N) is 2. The van der Waals surface area contributed by atoms with E-state index in [1.807, 2.05) is 36.0 Å². The molecule has 1 aromatic carbocycles. The highest BCUT2D eigenvalue weighted by atomic mass is 79.9. The fourth-order valence-corrected chi connectivity index (χ4v) is 2.35. The van der Waals surface area contributed by atoms with Crippen molar-refractivity contribution in [1.29, 1.82) is 0 Å². The fraction of sp³-hybridized carbons (Fsp3) is 0.308. The van der Waals surface area contributed by atoms with Gasteiger partial charge < -0.3 is 10.3 Å². The molecular weight excluding hydrogens is 314 g/mol. The van der Waals surface area contributed by atoms with Gasteiger partial charge in [0.25, 0.3) is 0 Å². The highest BCUT2D eigenvalue weighted by Gasteiger charge is 2.09. The van der Waals surface area contributed by atoms with Crippen molar-refractivity contribution in [3.05, 3.63) is 51.5 Å². The Morgan fingerprint density at radius 3 is 2.89 bits per heavy atom. The topological polar surface area (TPSA) is 43.8 Å². The molecule has 0 amide bonds. The third kappa shape index (κ3) is 3.13. The zero-order valence-corrected chi connectivity index (χ0v) is 12.4. The predicted octanol–water partition coefficient (Wildman–Crippen LogP) is 3.47. The second kappa shape index (κ2) is 5.87. The summed E-state index contributed by atoms with van der Waals surface area (Å²) in [5.41, 5.74) is 7.26. The van der Waals surface area contributed by atoms with Crippen LogP contribution in [0.5, 0.6) is 0 Å². The molecule has 3 nitrogen and oxygen atoms in total. The van der Waals surface area contributed by atoms with Gasteiger partial charge in [0, 0.05) is 36.4 Å². The average molecular weight is 329 g/mol. The van der Waals surface area contributed by atoms with Crippen LogP contribution in [0.4, 0.5) is 0 Å². The van der Waals surface area contributed by atoms with E-state index in [-0.39, 0.29) is 6.04 Å². The molecule has 0 saturated heterocycles. The molecule has 1 unspecified atom stereocenters. The largest absolute Gasteiger partial charge is 0.338 e. The molecule has 0 fully saturated rings. The Kier molecular flexibility index (Phi) is 4.43. The SMILES string of the molecule is Cn1ccnc1CCC(N)c1ccc(Cl)c(Br)c1. The van der Waals surface area contributed by atoms with E-state index in [4.69, 9.17) is 17.3 Å². The lowest BCUT2D eigenvalue weighted by Gasteiger charge is -2.12. The highest BCUT2D eigenvalue weighted by Crippen LogP contribution is 2.26. The summed E-state index contributed by atoms with van der Waals surface area (Å²) in [5.74, 6) is 1.05. The molecule has 0 bridgehead atoms. The number of aromatic nitrogens is 2. The van der Waals surface area contributed by atoms with E-state index in [1.165, 1.54) is 0 Å². The van der Waals surface area contributed by atoms with Gasteiger partial charge in [-0.2, -0.15) is 0 Å². The zero-order chi connectivity index (χ0) is 13.1. The van der Waals surface area contributed by atoms with Crippen molar-refractivity contribution in [1.82, 2.24) is 9.55 Å². The maximum absolute atomic E-state index is 6.18. The first-order valence-corrected chi connectivity index (χ1v) is 6.91. The van der Waals surface area contributed by atoms with Crippen LogP contribution in [0, 0.1) is 0 Å². The standard InChI is InChI=1S/C13H15BrClN3/c1-18-7-6-17-13(18)5-4-12(16)9-2-3-11(15)10(14)8-9/h2-3,6-8,12H,4-5,16H2,1H3. The van der Waals surface area contributed by atoms with Gasteiger partial charge in [-0.15, -0.1) is 0 Å². The first kappa shape index (κ1) is 13.6. The molecule has 0 radical (unpaired) electrons. The molecule has 2 aromatic rings. The van der Waals surface area contributed by atoms with Crippen LogP contribution in [0.3, 0.4) is 0 Å². The number of halogens is 2. The van der Waals surface area contributed by atoms with Gasteiger partial charge in [-0.3, -0.25) is 0 Å². The lowest BCUT2D eigenvalue weighted by molar-refractivity contribution is 0.620. The van der Waals surface area contributed by atoms with Crippen LogP contribution < -0.4 is 5.73 Å². The van der Waals surface area contributed by atoms with Crippen LogP contribution in [0.2, 0.25) is 5.02 Å². The third-order valence-electron chi connectivity index (χ3n) is 2.97. The summed E-state index contributed by atoms with van der Waals surface area (Å²) in [6.45, 7) is 0. The summed E-state index contributed by atoms with van der Waals surface area (Å²) in [5, 5.41) is 0.704. The van der Waals surface area contributed by atoms with Crippen molar-refractivity contribution in [3.8, 4) is 0 Å². The van der Waals surface area contributed by atoms with Crippen LogP contribution >= 0.6 is 27.5 Å². The van der Waals surface area contributed by atoms with E-state index in [2.05, 4.69) is 20.9 Å². The van der Waals surface area contributed by atoms with Gasteiger partial charge >= 0.3 is 0 Å². The quantitative estimate of drug-likeness (QED) is 0.934. The number of imidazole rings is 1. The zero-order valence-electron chi connectivity index (χ0n) is 10.1. The lowest BCUT2D eigenvalue weighted by Crippen LogP contribution is -2.12. The molecule has 0 aliphatic rings. The van der Waals surface area contributed by atoms with Gasteiger partial charge in [-0.1, -0.05) is 17.7 Å². The van der Waals surface area contributed by atoms with Crippen molar-refractivity contribution in [2.75, 3.05) is 0 Å². The van der Waals surface area contributed by atoms with Crippen LogP contribution in [0.25, 0.3) is 0 Å². The summed E-state index contributed by atoms with van der Waals surface area (Å²) in [4.78, 5) is 4.29. The molecule has 5 heteroatoms. The van der Waals surface area contributed by atoms with Gasteiger partial charge in [-0.25, -0.2) is 4.98 Å². The maximum Gasteiger partial charge on any atom is 0.108 e. The van der Waals surface area contributed by atoms with E-state index < -0.39 is 0 Å². The predicted molar refractivity (Wildman–Crippen MR) is 77.6 cm³/mol. The highest BCUT2D eigenvalue weighted by molar-refractivity contribution is 9.10. The summed E-state index contributed by atoms with van der Waals surface area (Å²) in [6, 6.07) is 5.80. The van der Waals surface area contributed by atoms with Crippen LogP contribution in [-0.2, 0) is 13.5 Å². The van der Waals surface area contributed by atoms with Crippen LogP contribution in [-0.4, -0.2) is 9.55 Å². The Labute approximate surface area is 120 Å². The Morgan fingerprint density at radius 2 is 2.28 bits per heavy atom. The molecule has 2 N–H and O–H groups in total. The van der Waals surface area contributed by atoms with Crippen LogP contribution in [0.15, 0.2) is 35.1 Å². The molecule has 0 saturated carbocycles. The number of benzene rings is 1. The molecule has 0 aliphatic heterocycles. The second-order valence-electron chi connectivity index (χ2n) is 4.27.